The number of hydrogen-bond donors (Lipinski definition) is 1. The van der Waals surface area contributed by atoms with Crippen LogP contribution in [0.5, 0.6) is 0 Å². The van der Waals surface area contributed by atoms with E-state index >= 15 is 0 Å². The highest BCUT2D eigenvalue weighted by atomic mass is 15.0. The Bertz CT molecular complexity index is 316. The Morgan fingerprint density at radius 2 is 1.55 bits per heavy atom. The van der Waals surface area contributed by atoms with Crippen LogP contribution in [-0.4, -0.2) is 12.1 Å². The fraction of sp³-hybridized carbons (Fsp3) is 1.00. The Balaban J connectivity index is 2.09. The Hall–Kier alpha value is -0.0400. The monoisotopic (exact) mass is 279 g/mol. The summed E-state index contributed by atoms with van der Waals surface area (Å²) in [6.07, 6.45) is 7.00. The summed E-state index contributed by atoms with van der Waals surface area (Å²) in [6.45, 7) is 17.0. The minimum atomic E-state index is 0.485. The van der Waals surface area contributed by atoms with E-state index in [-0.39, 0.29) is 0 Å². The second-order valence-corrected chi connectivity index (χ2v) is 9.47. The molecular weight excluding hydrogens is 242 g/mol. The maximum atomic E-state index is 4.14. The second kappa shape index (κ2) is 5.63. The third kappa shape index (κ3) is 3.08. The van der Waals surface area contributed by atoms with Crippen molar-refractivity contribution < 1.29 is 0 Å². The summed E-state index contributed by atoms with van der Waals surface area (Å²) in [7, 11) is 0. The van der Waals surface area contributed by atoms with Crippen LogP contribution >= 0.6 is 0 Å². The van der Waals surface area contributed by atoms with Crippen molar-refractivity contribution in [1.29, 1.82) is 0 Å². The zero-order chi connectivity index (χ0) is 15.1. The molecule has 0 aromatic heterocycles. The van der Waals surface area contributed by atoms with E-state index in [4.69, 9.17) is 0 Å². The third-order valence-corrected chi connectivity index (χ3v) is 6.18. The van der Waals surface area contributed by atoms with Crippen LogP contribution in [0.25, 0.3) is 0 Å². The molecule has 2 bridgehead atoms. The minimum absolute atomic E-state index is 0.485. The largest absolute Gasteiger partial charge is 0.310 e. The maximum Gasteiger partial charge on any atom is 0.0177 e. The van der Waals surface area contributed by atoms with Gasteiger partial charge in [-0.15, -0.1) is 0 Å². The van der Waals surface area contributed by atoms with Crippen molar-refractivity contribution in [3.63, 3.8) is 0 Å². The van der Waals surface area contributed by atoms with Gasteiger partial charge in [-0.25, -0.2) is 0 Å². The average molecular weight is 280 g/mol. The smallest absolute Gasteiger partial charge is 0.0177 e. The molecule has 3 unspecified atom stereocenters. The summed E-state index contributed by atoms with van der Waals surface area (Å²) in [5, 5.41) is 4.14. The lowest BCUT2D eigenvalue weighted by Crippen LogP contribution is -2.54. The Morgan fingerprint density at radius 3 is 1.95 bits per heavy atom. The fourth-order valence-corrected chi connectivity index (χ4v) is 5.32. The van der Waals surface area contributed by atoms with E-state index in [1.807, 2.05) is 0 Å². The van der Waals surface area contributed by atoms with Crippen LogP contribution in [-0.2, 0) is 0 Å². The molecule has 3 atom stereocenters. The van der Waals surface area contributed by atoms with Crippen LogP contribution in [0.15, 0.2) is 0 Å². The van der Waals surface area contributed by atoms with Gasteiger partial charge in [0.2, 0.25) is 0 Å². The number of rotatable bonds is 6. The topological polar surface area (TPSA) is 12.0 Å². The second-order valence-electron chi connectivity index (χ2n) is 9.47. The summed E-state index contributed by atoms with van der Waals surface area (Å²) in [5.74, 6) is 2.53. The molecule has 2 aliphatic rings. The third-order valence-electron chi connectivity index (χ3n) is 6.18. The molecule has 2 aliphatic carbocycles. The van der Waals surface area contributed by atoms with Crippen LogP contribution in [0.2, 0.25) is 0 Å². The maximum absolute atomic E-state index is 4.14. The molecule has 0 heterocycles. The van der Waals surface area contributed by atoms with E-state index < -0.39 is 0 Å². The molecular formula is C19H37N. The van der Waals surface area contributed by atoms with Gasteiger partial charge in [0.15, 0.2) is 0 Å². The number of fused-ring (bicyclic) bond motifs is 2. The lowest BCUT2D eigenvalue weighted by atomic mass is 9.68. The molecule has 1 nitrogen and oxygen atoms in total. The van der Waals surface area contributed by atoms with Gasteiger partial charge < -0.3 is 5.32 Å². The molecule has 0 aromatic rings. The van der Waals surface area contributed by atoms with Crippen molar-refractivity contribution in [2.45, 2.75) is 92.7 Å². The average Bonchev–Trinajstić information content (AvgIpc) is 2.74. The summed E-state index contributed by atoms with van der Waals surface area (Å²) >= 11 is 0. The lowest BCUT2D eigenvalue weighted by Gasteiger charge is -2.45. The van der Waals surface area contributed by atoms with Gasteiger partial charge in [0.25, 0.3) is 0 Å². The Kier molecular flexibility index (Phi) is 4.60. The summed E-state index contributed by atoms with van der Waals surface area (Å²) < 4.78 is 0. The molecule has 118 valence electrons. The van der Waals surface area contributed by atoms with Gasteiger partial charge in [-0.05, 0) is 60.7 Å². The molecule has 0 aromatic carbocycles. The Morgan fingerprint density at radius 1 is 1.00 bits per heavy atom. The van der Waals surface area contributed by atoms with Gasteiger partial charge in [-0.3, -0.25) is 0 Å². The van der Waals surface area contributed by atoms with Crippen molar-refractivity contribution in [3.8, 4) is 0 Å². The first-order valence-electron chi connectivity index (χ1n) is 8.91. The van der Waals surface area contributed by atoms with Crippen LogP contribution in [0.3, 0.4) is 0 Å². The molecule has 0 aliphatic heterocycles. The van der Waals surface area contributed by atoms with Gasteiger partial charge in [-0.1, -0.05) is 48.5 Å². The summed E-state index contributed by atoms with van der Waals surface area (Å²) in [4.78, 5) is 0. The van der Waals surface area contributed by atoms with Gasteiger partial charge >= 0.3 is 0 Å². The van der Waals surface area contributed by atoms with Crippen molar-refractivity contribution in [3.05, 3.63) is 0 Å². The van der Waals surface area contributed by atoms with E-state index in [2.05, 4.69) is 53.8 Å². The van der Waals surface area contributed by atoms with E-state index in [9.17, 15) is 0 Å². The fourth-order valence-electron chi connectivity index (χ4n) is 5.32. The van der Waals surface area contributed by atoms with Crippen LogP contribution in [0, 0.1) is 28.6 Å². The highest BCUT2D eigenvalue weighted by Gasteiger charge is 2.59. The standard InChI is InChI=1S/C19H37N/c1-13(2)10-16(11-14(3)4)20-17-18(5,6)15-8-9-19(17,7)12-15/h13-17,20H,8-12H2,1-7H3. The number of hydrogen-bond acceptors (Lipinski definition) is 1. The lowest BCUT2D eigenvalue weighted by molar-refractivity contribution is 0.0917. The van der Waals surface area contributed by atoms with E-state index in [1.165, 1.54) is 32.1 Å². The van der Waals surface area contributed by atoms with Gasteiger partial charge in [0.1, 0.15) is 0 Å². The number of nitrogens with one attached hydrogen (secondary N) is 1. The normalized spacial score (nSPS) is 35.7. The Labute approximate surface area is 127 Å². The van der Waals surface area contributed by atoms with Gasteiger partial charge in [0, 0.05) is 12.1 Å². The zero-order valence-corrected chi connectivity index (χ0v) is 14.9. The highest BCUT2D eigenvalue weighted by Crippen LogP contribution is 2.62. The molecule has 2 fully saturated rings. The molecule has 2 saturated carbocycles. The molecule has 1 N–H and O–H groups in total. The van der Waals surface area contributed by atoms with E-state index in [0.717, 1.165) is 23.8 Å². The van der Waals surface area contributed by atoms with Crippen molar-refractivity contribution in [1.82, 2.24) is 5.32 Å². The van der Waals surface area contributed by atoms with Crippen molar-refractivity contribution in [2.75, 3.05) is 0 Å². The molecule has 2 rings (SSSR count). The summed E-state index contributed by atoms with van der Waals surface area (Å²) in [6, 6.07) is 1.42. The van der Waals surface area contributed by atoms with E-state index in [1.54, 1.807) is 0 Å². The van der Waals surface area contributed by atoms with Gasteiger partial charge in [-0.2, -0.15) is 0 Å². The quantitative estimate of drug-likeness (QED) is 0.700. The van der Waals surface area contributed by atoms with Crippen LogP contribution < -0.4 is 5.32 Å². The molecule has 0 radical (unpaired) electrons. The predicted octanol–water partition coefficient (Wildman–Crippen LogP) is 5.25. The predicted molar refractivity (Wildman–Crippen MR) is 88.9 cm³/mol. The van der Waals surface area contributed by atoms with Crippen LogP contribution in [0.4, 0.5) is 0 Å². The molecule has 0 spiro atoms. The highest BCUT2D eigenvalue weighted by molar-refractivity contribution is 5.12. The van der Waals surface area contributed by atoms with Gasteiger partial charge in [0.05, 0.1) is 0 Å². The minimum Gasteiger partial charge on any atom is -0.310 e. The molecule has 0 saturated heterocycles. The van der Waals surface area contributed by atoms with Crippen molar-refractivity contribution in [2.24, 2.45) is 28.6 Å². The molecule has 0 amide bonds. The van der Waals surface area contributed by atoms with Crippen molar-refractivity contribution >= 4 is 0 Å². The molecule has 1 heteroatoms. The SMILES string of the molecule is CC(C)CC(CC(C)C)NC1C2(C)CCC(C2)C1(C)C. The zero-order valence-electron chi connectivity index (χ0n) is 14.9. The first-order chi connectivity index (χ1) is 9.15. The summed E-state index contributed by atoms with van der Waals surface area (Å²) in [5.41, 5.74) is 1.04. The van der Waals surface area contributed by atoms with Crippen LogP contribution in [0.1, 0.15) is 80.6 Å². The first-order valence-corrected chi connectivity index (χ1v) is 8.91. The van der Waals surface area contributed by atoms with E-state index in [0.29, 0.717) is 16.9 Å². The molecule has 20 heavy (non-hydrogen) atoms. The first kappa shape index (κ1) is 16.3.